The third kappa shape index (κ3) is 5.60. The molecule has 0 aromatic carbocycles. The fourth-order valence-corrected chi connectivity index (χ4v) is 2.23. The van der Waals surface area contributed by atoms with E-state index in [2.05, 4.69) is 69.9 Å². The summed E-state index contributed by atoms with van der Waals surface area (Å²) in [6.07, 6.45) is 1.98. The molecule has 0 radical (unpaired) electrons. The first-order chi connectivity index (χ1) is 8.69. The first-order valence-electron chi connectivity index (χ1n) is 7.09. The Morgan fingerprint density at radius 3 is 2.42 bits per heavy atom. The number of nitrogens with zero attached hydrogens (tertiary/aromatic N) is 2. The van der Waals surface area contributed by atoms with E-state index in [-0.39, 0.29) is 5.41 Å². The quantitative estimate of drug-likeness (QED) is 0.883. The molecule has 0 saturated carbocycles. The van der Waals surface area contributed by atoms with Crippen molar-refractivity contribution in [1.29, 1.82) is 0 Å². The van der Waals surface area contributed by atoms with Crippen LogP contribution >= 0.6 is 0 Å². The van der Waals surface area contributed by atoms with Crippen molar-refractivity contribution >= 4 is 5.82 Å². The Morgan fingerprint density at radius 2 is 1.95 bits per heavy atom. The topological polar surface area (TPSA) is 28.2 Å². The highest BCUT2D eigenvalue weighted by Crippen LogP contribution is 2.22. The number of nitrogens with one attached hydrogen (secondary N) is 1. The van der Waals surface area contributed by atoms with Crippen molar-refractivity contribution in [3.63, 3.8) is 0 Å². The molecule has 0 saturated heterocycles. The highest BCUT2D eigenvalue weighted by molar-refractivity contribution is 5.46. The van der Waals surface area contributed by atoms with Gasteiger partial charge in [0.25, 0.3) is 0 Å². The van der Waals surface area contributed by atoms with Crippen LogP contribution in [0.2, 0.25) is 0 Å². The number of pyridine rings is 1. The molecule has 3 heteroatoms. The van der Waals surface area contributed by atoms with Gasteiger partial charge in [0.1, 0.15) is 5.82 Å². The van der Waals surface area contributed by atoms with Crippen LogP contribution in [0.4, 0.5) is 5.82 Å². The van der Waals surface area contributed by atoms with Crippen molar-refractivity contribution in [1.82, 2.24) is 10.3 Å². The highest BCUT2D eigenvalue weighted by Gasteiger charge is 2.16. The Balaban J connectivity index is 2.76. The maximum absolute atomic E-state index is 4.63. The Kier molecular flexibility index (Phi) is 5.36. The smallest absolute Gasteiger partial charge is 0.131 e. The molecule has 0 fully saturated rings. The molecule has 108 valence electrons. The minimum atomic E-state index is 0.279. The van der Waals surface area contributed by atoms with E-state index in [1.54, 1.807) is 0 Å². The van der Waals surface area contributed by atoms with Gasteiger partial charge in [0, 0.05) is 32.4 Å². The normalized spacial score (nSPS) is 12.0. The lowest BCUT2D eigenvalue weighted by molar-refractivity contribution is 0.417. The third-order valence-electron chi connectivity index (χ3n) is 2.89. The number of aryl methyl sites for hydroxylation is 1. The zero-order chi connectivity index (χ0) is 14.6. The van der Waals surface area contributed by atoms with Gasteiger partial charge in [-0.15, -0.1) is 0 Å². The summed E-state index contributed by atoms with van der Waals surface area (Å²) in [5.74, 6) is 1.09. The molecular weight excluding hydrogens is 234 g/mol. The summed E-state index contributed by atoms with van der Waals surface area (Å²) in [5.41, 5.74) is 2.77. The van der Waals surface area contributed by atoms with Gasteiger partial charge in [-0.1, -0.05) is 34.6 Å². The van der Waals surface area contributed by atoms with Gasteiger partial charge in [-0.25, -0.2) is 4.98 Å². The van der Waals surface area contributed by atoms with Crippen molar-refractivity contribution in [3.8, 4) is 0 Å². The van der Waals surface area contributed by atoms with E-state index in [9.17, 15) is 0 Å². The predicted octanol–water partition coefficient (Wildman–Crippen LogP) is 3.37. The monoisotopic (exact) mass is 263 g/mol. The summed E-state index contributed by atoms with van der Waals surface area (Å²) in [6, 6.07) is 2.74. The lowest BCUT2D eigenvalue weighted by atomic mass is 9.96. The molecular formula is C16H29N3. The van der Waals surface area contributed by atoms with Crippen LogP contribution in [0, 0.1) is 12.3 Å². The van der Waals surface area contributed by atoms with Crippen LogP contribution in [0.3, 0.4) is 0 Å². The summed E-state index contributed by atoms with van der Waals surface area (Å²) in [5, 5.41) is 3.42. The molecule has 0 aliphatic heterocycles. The SMILES string of the molecule is Cc1cc(CNC(C)C)cnc1N(C)CC(C)(C)C. The van der Waals surface area contributed by atoms with Crippen LogP contribution in [0.1, 0.15) is 45.7 Å². The average molecular weight is 263 g/mol. The van der Waals surface area contributed by atoms with Crippen LogP contribution in [0.25, 0.3) is 0 Å². The molecule has 0 bridgehead atoms. The molecule has 0 spiro atoms. The van der Waals surface area contributed by atoms with Gasteiger partial charge in [-0.3, -0.25) is 0 Å². The Morgan fingerprint density at radius 1 is 1.32 bits per heavy atom. The number of hydrogen-bond acceptors (Lipinski definition) is 3. The second kappa shape index (κ2) is 6.38. The molecule has 1 aromatic rings. The standard InChI is InChI=1S/C16H29N3/c1-12(2)17-9-14-8-13(3)15(18-10-14)19(7)11-16(4,5)6/h8,10,12,17H,9,11H2,1-7H3. The zero-order valence-corrected chi connectivity index (χ0v) is 13.5. The summed E-state index contributed by atoms with van der Waals surface area (Å²) in [7, 11) is 2.12. The molecule has 1 N–H and O–H groups in total. The largest absolute Gasteiger partial charge is 0.359 e. The Bertz CT molecular complexity index is 405. The minimum absolute atomic E-state index is 0.279. The fourth-order valence-electron chi connectivity index (χ4n) is 2.23. The van der Waals surface area contributed by atoms with Gasteiger partial charge < -0.3 is 10.2 Å². The second-order valence-electron chi connectivity index (χ2n) is 6.94. The number of rotatable bonds is 5. The van der Waals surface area contributed by atoms with Crippen LogP contribution < -0.4 is 10.2 Å². The van der Waals surface area contributed by atoms with Crippen LogP contribution in [-0.2, 0) is 6.54 Å². The van der Waals surface area contributed by atoms with Gasteiger partial charge in [-0.2, -0.15) is 0 Å². The van der Waals surface area contributed by atoms with Crippen molar-refractivity contribution in [2.45, 2.75) is 54.1 Å². The van der Waals surface area contributed by atoms with E-state index in [1.807, 2.05) is 6.20 Å². The maximum atomic E-state index is 4.63. The third-order valence-corrected chi connectivity index (χ3v) is 2.89. The van der Waals surface area contributed by atoms with Crippen LogP contribution in [0.15, 0.2) is 12.3 Å². The van der Waals surface area contributed by atoms with Gasteiger partial charge in [-0.05, 0) is 29.5 Å². The maximum Gasteiger partial charge on any atom is 0.131 e. The molecule has 1 rings (SSSR count). The molecule has 0 aliphatic carbocycles. The Hall–Kier alpha value is -1.09. The number of aromatic nitrogens is 1. The number of hydrogen-bond donors (Lipinski definition) is 1. The molecule has 3 nitrogen and oxygen atoms in total. The van der Waals surface area contributed by atoms with E-state index >= 15 is 0 Å². The van der Waals surface area contributed by atoms with Gasteiger partial charge in [0.05, 0.1) is 0 Å². The average Bonchev–Trinajstić information content (AvgIpc) is 2.23. The van der Waals surface area contributed by atoms with E-state index < -0.39 is 0 Å². The van der Waals surface area contributed by atoms with E-state index in [0.29, 0.717) is 6.04 Å². The fraction of sp³-hybridized carbons (Fsp3) is 0.688. The lowest BCUT2D eigenvalue weighted by Gasteiger charge is -2.28. The van der Waals surface area contributed by atoms with Crippen molar-refractivity contribution in [2.24, 2.45) is 5.41 Å². The minimum Gasteiger partial charge on any atom is -0.359 e. The highest BCUT2D eigenvalue weighted by atomic mass is 15.2. The predicted molar refractivity (Wildman–Crippen MR) is 83.7 cm³/mol. The summed E-state index contributed by atoms with van der Waals surface area (Å²) in [6.45, 7) is 15.1. The van der Waals surface area contributed by atoms with Crippen LogP contribution in [0.5, 0.6) is 0 Å². The summed E-state index contributed by atoms with van der Waals surface area (Å²) in [4.78, 5) is 6.87. The second-order valence-corrected chi connectivity index (χ2v) is 6.94. The van der Waals surface area contributed by atoms with Crippen LogP contribution in [-0.4, -0.2) is 24.6 Å². The lowest BCUT2D eigenvalue weighted by Crippen LogP contribution is -2.30. The van der Waals surface area contributed by atoms with Gasteiger partial charge in [0.2, 0.25) is 0 Å². The van der Waals surface area contributed by atoms with Crippen molar-refractivity contribution in [2.75, 3.05) is 18.5 Å². The summed E-state index contributed by atoms with van der Waals surface area (Å²) >= 11 is 0. The first kappa shape index (κ1) is 16.0. The first-order valence-corrected chi connectivity index (χ1v) is 7.09. The Labute approximate surface area is 118 Å². The molecule has 1 heterocycles. The molecule has 0 unspecified atom stereocenters. The zero-order valence-electron chi connectivity index (χ0n) is 13.5. The molecule has 1 aromatic heterocycles. The summed E-state index contributed by atoms with van der Waals surface area (Å²) < 4.78 is 0. The van der Waals surface area contributed by atoms with Crippen molar-refractivity contribution in [3.05, 3.63) is 23.4 Å². The molecule has 0 amide bonds. The van der Waals surface area contributed by atoms with Gasteiger partial charge >= 0.3 is 0 Å². The van der Waals surface area contributed by atoms with Crippen molar-refractivity contribution < 1.29 is 0 Å². The van der Waals surface area contributed by atoms with E-state index in [1.165, 1.54) is 11.1 Å². The molecule has 0 atom stereocenters. The van der Waals surface area contributed by atoms with Gasteiger partial charge in [0.15, 0.2) is 0 Å². The van der Waals surface area contributed by atoms with E-state index in [4.69, 9.17) is 0 Å². The molecule has 19 heavy (non-hydrogen) atoms. The number of anilines is 1. The van der Waals surface area contributed by atoms with E-state index in [0.717, 1.165) is 18.9 Å². The molecule has 0 aliphatic rings.